The number of phenolic OH excluding ortho intramolecular Hbond substituents is 1. The topological polar surface area (TPSA) is 40.5 Å². The molecule has 2 N–H and O–H groups in total. The van der Waals surface area contributed by atoms with Gasteiger partial charge < -0.3 is 10.2 Å². The fourth-order valence-corrected chi connectivity index (χ4v) is 1.43. The van der Waals surface area contributed by atoms with Crippen LogP contribution in [-0.2, 0) is 6.42 Å². The van der Waals surface area contributed by atoms with E-state index in [1.54, 1.807) is 12.1 Å². The van der Waals surface area contributed by atoms with Crippen LogP contribution in [0.5, 0.6) is 5.75 Å². The Hall–Kier alpha value is -1.02. The van der Waals surface area contributed by atoms with E-state index in [0.29, 0.717) is 5.75 Å². The van der Waals surface area contributed by atoms with Gasteiger partial charge in [0, 0.05) is 0 Å². The van der Waals surface area contributed by atoms with Gasteiger partial charge in [0.25, 0.3) is 0 Å². The Kier molecular flexibility index (Phi) is 4.47. The van der Waals surface area contributed by atoms with Crippen LogP contribution < -0.4 is 0 Å². The maximum atomic E-state index is 9.07. The molecular weight excluding hydrogens is 176 g/mol. The van der Waals surface area contributed by atoms with E-state index in [9.17, 15) is 0 Å². The van der Waals surface area contributed by atoms with E-state index in [-0.39, 0.29) is 6.10 Å². The summed E-state index contributed by atoms with van der Waals surface area (Å²) in [5.41, 5.74) is 1.24. The monoisotopic (exact) mass is 194 g/mol. The van der Waals surface area contributed by atoms with Crippen molar-refractivity contribution in [3.8, 4) is 5.75 Å². The van der Waals surface area contributed by atoms with Gasteiger partial charge >= 0.3 is 0 Å². The molecule has 0 spiro atoms. The molecule has 0 bridgehead atoms. The second kappa shape index (κ2) is 5.66. The van der Waals surface area contributed by atoms with Gasteiger partial charge in [0.1, 0.15) is 5.75 Å². The molecule has 1 atom stereocenters. The number of benzene rings is 1. The quantitative estimate of drug-likeness (QED) is 0.707. The zero-order valence-corrected chi connectivity index (χ0v) is 8.61. The Morgan fingerprint density at radius 2 is 1.79 bits per heavy atom. The lowest BCUT2D eigenvalue weighted by Crippen LogP contribution is -1.98. The molecule has 0 radical (unpaired) electrons. The molecule has 78 valence electrons. The smallest absolute Gasteiger partial charge is 0.115 e. The summed E-state index contributed by atoms with van der Waals surface area (Å²) in [6, 6.07) is 7.31. The fraction of sp³-hybridized carbons (Fsp3) is 0.500. The number of rotatable bonds is 5. The van der Waals surface area contributed by atoms with Gasteiger partial charge in [-0.2, -0.15) is 0 Å². The van der Waals surface area contributed by atoms with Crippen molar-refractivity contribution < 1.29 is 10.2 Å². The lowest BCUT2D eigenvalue weighted by molar-refractivity contribution is 0.180. The molecule has 0 aliphatic heterocycles. The molecule has 0 saturated heterocycles. The van der Waals surface area contributed by atoms with Crippen LogP contribution in [0.15, 0.2) is 24.3 Å². The summed E-state index contributed by atoms with van der Waals surface area (Å²) in [5.74, 6) is 0.317. The zero-order valence-electron chi connectivity index (χ0n) is 8.61. The van der Waals surface area contributed by atoms with Crippen molar-refractivity contribution in [2.75, 3.05) is 0 Å². The molecule has 0 aliphatic carbocycles. The average Bonchev–Trinajstić information content (AvgIpc) is 2.15. The molecule has 1 aromatic rings. The molecule has 0 heterocycles. The second-order valence-electron chi connectivity index (χ2n) is 3.76. The lowest BCUT2D eigenvalue weighted by Gasteiger charge is -2.04. The third kappa shape index (κ3) is 4.28. The van der Waals surface area contributed by atoms with E-state index < -0.39 is 0 Å². The number of unbranched alkanes of at least 4 members (excludes halogenated alkanes) is 1. The molecule has 1 unspecified atom stereocenters. The van der Waals surface area contributed by atoms with Crippen LogP contribution in [0.25, 0.3) is 0 Å². The molecule has 1 rings (SSSR count). The van der Waals surface area contributed by atoms with Crippen LogP contribution in [-0.4, -0.2) is 16.3 Å². The summed E-state index contributed by atoms with van der Waals surface area (Å²) in [6.07, 6.45) is 3.86. The number of hydrogen-bond acceptors (Lipinski definition) is 2. The van der Waals surface area contributed by atoms with E-state index in [1.807, 2.05) is 19.1 Å². The third-order valence-corrected chi connectivity index (χ3v) is 2.27. The second-order valence-corrected chi connectivity index (χ2v) is 3.76. The first-order valence-corrected chi connectivity index (χ1v) is 5.14. The Bertz CT molecular complexity index is 252. The van der Waals surface area contributed by atoms with Crippen molar-refractivity contribution >= 4 is 0 Å². The first kappa shape index (κ1) is 11.1. The van der Waals surface area contributed by atoms with Crippen molar-refractivity contribution in [1.82, 2.24) is 0 Å². The first-order valence-electron chi connectivity index (χ1n) is 5.14. The van der Waals surface area contributed by atoms with Crippen LogP contribution in [0, 0.1) is 0 Å². The van der Waals surface area contributed by atoms with Crippen molar-refractivity contribution in [2.24, 2.45) is 0 Å². The molecule has 1 aromatic carbocycles. The highest BCUT2D eigenvalue weighted by atomic mass is 16.3. The number of aliphatic hydroxyl groups excluding tert-OH is 1. The van der Waals surface area contributed by atoms with Gasteiger partial charge in [-0.1, -0.05) is 18.6 Å². The van der Waals surface area contributed by atoms with Crippen LogP contribution in [0.3, 0.4) is 0 Å². The molecule has 0 fully saturated rings. The SMILES string of the molecule is CC(O)CCCCc1ccc(O)cc1. The van der Waals surface area contributed by atoms with Crippen molar-refractivity contribution in [3.63, 3.8) is 0 Å². The molecule has 2 nitrogen and oxygen atoms in total. The van der Waals surface area contributed by atoms with E-state index in [1.165, 1.54) is 5.56 Å². The number of phenols is 1. The predicted octanol–water partition coefficient (Wildman–Crippen LogP) is 2.49. The Morgan fingerprint density at radius 1 is 1.14 bits per heavy atom. The minimum atomic E-state index is -0.185. The van der Waals surface area contributed by atoms with E-state index in [2.05, 4.69) is 0 Å². The van der Waals surface area contributed by atoms with Crippen LogP contribution in [0.1, 0.15) is 31.7 Å². The number of aromatic hydroxyl groups is 1. The maximum Gasteiger partial charge on any atom is 0.115 e. The van der Waals surface area contributed by atoms with Gasteiger partial charge in [0.15, 0.2) is 0 Å². The lowest BCUT2D eigenvalue weighted by atomic mass is 10.1. The Labute approximate surface area is 85.2 Å². The van der Waals surface area contributed by atoms with Crippen molar-refractivity contribution in [3.05, 3.63) is 29.8 Å². The minimum Gasteiger partial charge on any atom is -0.508 e. The first-order chi connectivity index (χ1) is 6.68. The molecule has 0 aromatic heterocycles. The Balaban J connectivity index is 2.21. The highest BCUT2D eigenvalue weighted by Gasteiger charge is 1.97. The summed E-state index contributed by atoms with van der Waals surface area (Å²) in [7, 11) is 0. The van der Waals surface area contributed by atoms with E-state index in [4.69, 9.17) is 10.2 Å². The number of hydrogen-bond donors (Lipinski definition) is 2. The fourth-order valence-electron chi connectivity index (χ4n) is 1.43. The largest absolute Gasteiger partial charge is 0.508 e. The van der Waals surface area contributed by atoms with E-state index in [0.717, 1.165) is 25.7 Å². The van der Waals surface area contributed by atoms with Crippen molar-refractivity contribution in [2.45, 2.75) is 38.7 Å². The molecule has 2 heteroatoms. The minimum absolute atomic E-state index is 0.185. The van der Waals surface area contributed by atoms with Gasteiger partial charge in [-0.15, -0.1) is 0 Å². The zero-order chi connectivity index (χ0) is 10.4. The third-order valence-electron chi connectivity index (χ3n) is 2.27. The summed E-state index contributed by atoms with van der Waals surface area (Å²) in [5, 5.41) is 18.1. The normalized spacial score (nSPS) is 12.7. The summed E-state index contributed by atoms with van der Waals surface area (Å²) in [4.78, 5) is 0. The molecule has 0 amide bonds. The summed E-state index contributed by atoms with van der Waals surface area (Å²) >= 11 is 0. The number of aliphatic hydroxyl groups is 1. The standard InChI is InChI=1S/C12H18O2/c1-10(13)4-2-3-5-11-6-8-12(14)9-7-11/h6-10,13-14H,2-5H2,1H3. The van der Waals surface area contributed by atoms with Crippen LogP contribution in [0.2, 0.25) is 0 Å². The summed E-state index contributed by atoms with van der Waals surface area (Å²) in [6.45, 7) is 1.82. The highest BCUT2D eigenvalue weighted by Crippen LogP contribution is 2.12. The average molecular weight is 194 g/mol. The van der Waals surface area contributed by atoms with Crippen LogP contribution in [0.4, 0.5) is 0 Å². The van der Waals surface area contributed by atoms with Crippen LogP contribution >= 0.6 is 0 Å². The molecular formula is C12H18O2. The Morgan fingerprint density at radius 3 is 2.36 bits per heavy atom. The maximum absolute atomic E-state index is 9.07. The molecule has 14 heavy (non-hydrogen) atoms. The molecule has 0 aliphatic rings. The number of aryl methyl sites for hydroxylation is 1. The predicted molar refractivity (Wildman–Crippen MR) is 57.3 cm³/mol. The van der Waals surface area contributed by atoms with Gasteiger partial charge in [-0.3, -0.25) is 0 Å². The summed E-state index contributed by atoms with van der Waals surface area (Å²) < 4.78 is 0. The van der Waals surface area contributed by atoms with Gasteiger partial charge in [0.05, 0.1) is 6.10 Å². The van der Waals surface area contributed by atoms with Gasteiger partial charge in [0.2, 0.25) is 0 Å². The highest BCUT2D eigenvalue weighted by molar-refractivity contribution is 5.25. The van der Waals surface area contributed by atoms with E-state index >= 15 is 0 Å². The van der Waals surface area contributed by atoms with Gasteiger partial charge in [-0.05, 0) is 43.9 Å². The van der Waals surface area contributed by atoms with Gasteiger partial charge in [-0.25, -0.2) is 0 Å². The molecule has 0 saturated carbocycles. The van der Waals surface area contributed by atoms with Crippen molar-refractivity contribution in [1.29, 1.82) is 0 Å².